The van der Waals surface area contributed by atoms with Crippen molar-refractivity contribution in [2.24, 2.45) is 0 Å². The zero-order valence-corrected chi connectivity index (χ0v) is 14.4. The Labute approximate surface area is 147 Å². The number of pyridine rings is 2. The number of hydrogen-bond donors (Lipinski definition) is 3. The third-order valence-electron chi connectivity index (χ3n) is 5.26. The summed E-state index contributed by atoms with van der Waals surface area (Å²) in [6.45, 7) is 4.42. The number of phenols is 1. The summed E-state index contributed by atoms with van der Waals surface area (Å²) in [7, 11) is 2.24. The fourth-order valence-corrected chi connectivity index (χ4v) is 3.85. The topological polar surface area (TPSA) is 54.9 Å². The second-order valence-corrected chi connectivity index (χ2v) is 6.91. The molecule has 3 N–H and O–H groups in total. The Balaban J connectivity index is 1.82. The summed E-state index contributed by atoms with van der Waals surface area (Å²) in [5, 5.41) is 11.9. The van der Waals surface area contributed by atoms with Crippen LogP contribution in [0.4, 0.5) is 0 Å². The van der Waals surface area contributed by atoms with Gasteiger partial charge >= 0.3 is 0 Å². The standard InChI is InChI=1S/C20H22N4O/c1-23-10-12-24(13-11-23)19(16-5-2-8-21-14-16)17-7-6-15-4-3-9-22-18(15)20(17)25/h2-9,14,19,25H,10-13H2,1H3/p+2/t19-/m1/s1. The van der Waals surface area contributed by atoms with Crippen molar-refractivity contribution in [3.8, 4) is 5.75 Å². The van der Waals surface area contributed by atoms with E-state index in [9.17, 15) is 5.11 Å². The number of hydrogen-bond acceptors (Lipinski definition) is 3. The van der Waals surface area contributed by atoms with E-state index >= 15 is 0 Å². The molecule has 0 aliphatic carbocycles. The minimum Gasteiger partial charge on any atom is -0.505 e. The molecule has 25 heavy (non-hydrogen) atoms. The molecule has 5 nitrogen and oxygen atoms in total. The van der Waals surface area contributed by atoms with Crippen LogP contribution in [0.3, 0.4) is 0 Å². The van der Waals surface area contributed by atoms with Crippen molar-refractivity contribution < 1.29 is 14.9 Å². The number of phenolic OH excluding ortho intramolecular Hbond substituents is 1. The van der Waals surface area contributed by atoms with Gasteiger partial charge in [-0.05, 0) is 24.3 Å². The van der Waals surface area contributed by atoms with Crippen LogP contribution < -0.4 is 9.80 Å². The van der Waals surface area contributed by atoms with E-state index in [1.54, 1.807) is 17.3 Å². The molecule has 1 atom stereocenters. The van der Waals surface area contributed by atoms with Crippen LogP contribution in [-0.2, 0) is 0 Å². The number of fused-ring (bicyclic) bond motifs is 1. The molecule has 0 amide bonds. The van der Waals surface area contributed by atoms with Crippen molar-refractivity contribution in [1.82, 2.24) is 9.97 Å². The molecular weight excluding hydrogens is 312 g/mol. The van der Waals surface area contributed by atoms with Crippen molar-refractivity contribution in [3.63, 3.8) is 0 Å². The highest BCUT2D eigenvalue weighted by molar-refractivity contribution is 5.85. The van der Waals surface area contributed by atoms with Gasteiger partial charge in [0.1, 0.15) is 37.7 Å². The number of quaternary nitrogens is 2. The van der Waals surface area contributed by atoms with Crippen LogP contribution >= 0.6 is 0 Å². The third kappa shape index (κ3) is 3.08. The van der Waals surface area contributed by atoms with Gasteiger partial charge in [-0.1, -0.05) is 12.1 Å². The molecule has 0 unspecified atom stereocenters. The van der Waals surface area contributed by atoms with Crippen molar-refractivity contribution in [2.75, 3.05) is 33.2 Å². The number of nitrogens with one attached hydrogen (secondary N) is 2. The van der Waals surface area contributed by atoms with Crippen LogP contribution in [0.1, 0.15) is 17.2 Å². The maximum atomic E-state index is 11.0. The number of likely N-dealkylation sites (N-methyl/N-ethyl adjacent to an activating group) is 1. The molecule has 0 bridgehead atoms. The lowest BCUT2D eigenvalue weighted by molar-refractivity contribution is -1.02. The molecule has 1 aliphatic rings. The van der Waals surface area contributed by atoms with E-state index in [0.29, 0.717) is 11.3 Å². The summed E-state index contributed by atoms with van der Waals surface area (Å²) >= 11 is 0. The number of benzene rings is 1. The largest absolute Gasteiger partial charge is 0.505 e. The minimum atomic E-state index is 0.0770. The molecule has 1 fully saturated rings. The molecule has 1 aromatic carbocycles. The quantitative estimate of drug-likeness (QED) is 0.623. The molecule has 3 aromatic rings. The monoisotopic (exact) mass is 336 g/mol. The second-order valence-electron chi connectivity index (χ2n) is 6.91. The first-order valence-electron chi connectivity index (χ1n) is 8.86. The highest BCUT2D eigenvalue weighted by atomic mass is 16.3. The molecule has 0 radical (unpaired) electrons. The zero-order valence-electron chi connectivity index (χ0n) is 14.4. The van der Waals surface area contributed by atoms with Crippen LogP contribution in [-0.4, -0.2) is 48.3 Å². The fraction of sp³-hybridized carbons (Fsp3) is 0.300. The summed E-state index contributed by atoms with van der Waals surface area (Å²) in [5.74, 6) is 0.297. The van der Waals surface area contributed by atoms with Gasteiger partial charge in [0.15, 0.2) is 5.75 Å². The predicted molar refractivity (Wildman–Crippen MR) is 96.8 cm³/mol. The molecule has 1 saturated heterocycles. The summed E-state index contributed by atoms with van der Waals surface area (Å²) < 4.78 is 0. The fourth-order valence-electron chi connectivity index (χ4n) is 3.85. The molecular formula is C20H24N4O+2. The number of piperazine rings is 1. The van der Waals surface area contributed by atoms with E-state index in [1.165, 1.54) is 4.90 Å². The molecule has 0 saturated carbocycles. The Hall–Kier alpha value is -2.50. The Morgan fingerprint density at radius 3 is 2.56 bits per heavy atom. The maximum absolute atomic E-state index is 11.0. The number of rotatable bonds is 3. The van der Waals surface area contributed by atoms with E-state index in [2.05, 4.69) is 35.2 Å². The highest BCUT2D eigenvalue weighted by Crippen LogP contribution is 2.32. The average Bonchev–Trinajstić information content (AvgIpc) is 2.66. The van der Waals surface area contributed by atoms with Crippen LogP contribution in [0.2, 0.25) is 0 Å². The SMILES string of the molecule is C[NH+]1CC[NH+]([C@H](c2cccnc2)c2ccc3cccnc3c2O)CC1. The summed E-state index contributed by atoms with van der Waals surface area (Å²) in [4.78, 5) is 11.8. The Morgan fingerprint density at radius 1 is 1.00 bits per heavy atom. The number of aromatic hydroxyl groups is 1. The van der Waals surface area contributed by atoms with Crippen molar-refractivity contribution in [1.29, 1.82) is 0 Å². The number of nitrogens with zero attached hydrogens (tertiary/aromatic N) is 2. The van der Waals surface area contributed by atoms with Gasteiger partial charge in [0.25, 0.3) is 0 Å². The number of aromatic nitrogens is 2. The second kappa shape index (κ2) is 6.78. The van der Waals surface area contributed by atoms with Gasteiger partial charge in [0.05, 0.1) is 12.6 Å². The highest BCUT2D eigenvalue weighted by Gasteiger charge is 2.33. The smallest absolute Gasteiger partial charge is 0.151 e. The Bertz CT molecular complexity index is 860. The van der Waals surface area contributed by atoms with E-state index < -0.39 is 0 Å². The first-order valence-corrected chi connectivity index (χ1v) is 8.86. The molecule has 0 spiro atoms. The lowest BCUT2D eigenvalue weighted by atomic mass is 9.95. The van der Waals surface area contributed by atoms with Crippen LogP contribution in [0.15, 0.2) is 55.0 Å². The normalized spacial score (nSPS) is 22.0. The maximum Gasteiger partial charge on any atom is 0.151 e. The van der Waals surface area contributed by atoms with Gasteiger partial charge in [-0.15, -0.1) is 0 Å². The van der Waals surface area contributed by atoms with Crippen LogP contribution in [0, 0.1) is 0 Å². The summed E-state index contributed by atoms with van der Waals surface area (Å²) in [5.41, 5.74) is 2.75. The summed E-state index contributed by atoms with van der Waals surface area (Å²) in [6.07, 6.45) is 5.45. The molecule has 3 heterocycles. The van der Waals surface area contributed by atoms with Crippen molar-refractivity contribution in [3.05, 3.63) is 66.1 Å². The van der Waals surface area contributed by atoms with Crippen LogP contribution in [0.25, 0.3) is 10.9 Å². The van der Waals surface area contributed by atoms with Gasteiger partial charge < -0.3 is 14.9 Å². The minimum absolute atomic E-state index is 0.0770. The molecule has 1 aliphatic heterocycles. The van der Waals surface area contributed by atoms with Gasteiger partial charge in [-0.2, -0.15) is 0 Å². The molecule has 4 rings (SSSR count). The van der Waals surface area contributed by atoms with E-state index in [4.69, 9.17) is 0 Å². The summed E-state index contributed by atoms with van der Waals surface area (Å²) in [6, 6.07) is 12.1. The van der Waals surface area contributed by atoms with Gasteiger partial charge in [-0.25, -0.2) is 0 Å². The van der Waals surface area contributed by atoms with Gasteiger partial charge in [0, 0.05) is 29.5 Å². The first-order chi connectivity index (χ1) is 12.2. The molecule has 5 heteroatoms. The third-order valence-corrected chi connectivity index (χ3v) is 5.26. The lowest BCUT2D eigenvalue weighted by Crippen LogP contribution is -3.27. The molecule has 128 valence electrons. The van der Waals surface area contributed by atoms with Crippen LogP contribution in [0.5, 0.6) is 5.75 Å². The van der Waals surface area contributed by atoms with E-state index in [1.807, 2.05) is 24.4 Å². The molecule has 2 aromatic heterocycles. The van der Waals surface area contributed by atoms with Gasteiger partial charge in [0.2, 0.25) is 0 Å². The predicted octanol–water partition coefficient (Wildman–Crippen LogP) is -0.162. The first kappa shape index (κ1) is 16.0. The Morgan fingerprint density at radius 2 is 1.80 bits per heavy atom. The van der Waals surface area contributed by atoms with E-state index in [-0.39, 0.29) is 6.04 Å². The van der Waals surface area contributed by atoms with Gasteiger partial charge in [-0.3, -0.25) is 9.97 Å². The average molecular weight is 336 g/mol. The van der Waals surface area contributed by atoms with Crippen molar-refractivity contribution in [2.45, 2.75) is 6.04 Å². The Kier molecular flexibility index (Phi) is 4.34. The lowest BCUT2D eigenvalue weighted by Gasteiger charge is -2.34. The zero-order chi connectivity index (χ0) is 17.2. The van der Waals surface area contributed by atoms with Crippen molar-refractivity contribution >= 4 is 10.9 Å². The van der Waals surface area contributed by atoms with E-state index in [0.717, 1.165) is 42.7 Å².